The molecule has 0 atom stereocenters. The third-order valence-corrected chi connectivity index (χ3v) is 7.97. The summed E-state index contributed by atoms with van der Waals surface area (Å²) in [5.74, 6) is 0.364. The third-order valence-electron chi connectivity index (χ3n) is 7.97. The molecule has 1 aromatic heterocycles. The van der Waals surface area contributed by atoms with Crippen molar-refractivity contribution in [1.29, 1.82) is 0 Å². The highest BCUT2D eigenvalue weighted by molar-refractivity contribution is 5.92. The zero-order valence-corrected chi connectivity index (χ0v) is 22.7. The van der Waals surface area contributed by atoms with Gasteiger partial charge in [0.05, 0.1) is 5.69 Å². The maximum Gasteiger partial charge on any atom is 0.226 e. The summed E-state index contributed by atoms with van der Waals surface area (Å²) in [5, 5.41) is 4.33. The summed E-state index contributed by atoms with van der Waals surface area (Å²) in [5.41, 5.74) is 7.04. The second-order valence-corrected chi connectivity index (χ2v) is 10.9. The molecule has 1 N–H and O–H groups in total. The molecule has 3 aromatic carbocycles. The number of hydrogen-bond donors (Lipinski definition) is 1. The van der Waals surface area contributed by atoms with Gasteiger partial charge in [-0.3, -0.25) is 4.79 Å². The summed E-state index contributed by atoms with van der Waals surface area (Å²) in [7, 11) is 2.11. The molecule has 0 unspecified atom stereocenters. The molecule has 2 heterocycles. The number of aromatic nitrogens is 1. The van der Waals surface area contributed by atoms with Crippen LogP contribution in [0.25, 0.3) is 22.2 Å². The maximum atomic E-state index is 13.6. The molecular weight excluding hydrogens is 473 g/mol. The van der Waals surface area contributed by atoms with Gasteiger partial charge in [0.1, 0.15) is 5.82 Å². The average molecular weight is 512 g/mol. The van der Waals surface area contributed by atoms with E-state index < -0.39 is 0 Å². The molecule has 38 heavy (non-hydrogen) atoms. The Hall–Kier alpha value is -3.44. The predicted octanol–water partition coefficient (Wildman–Crippen LogP) is 7.39. The molecule has 4 nitrogen and oxygen atoms in total. The molecule has 1 saturated heterocycles. The average Bonchev–Trinajstić information content (AvgIpc) is 3.21. The lowest BCUT2D eigenvalue weighted by atomic mass is 9.89. The van der Waals surface area contributed by atoms with Gasteiger partial charge in [-0.15, -0.1) is 0 Å². The van der Waals surface area contributed by atoms with Gasteiger partial charge in [0.2, 0.25) is 5.91 Å². The molecule has 0 spiro atoms. The molecule has 198 valence electrons. The Morgan fingerprint density at radius 3 is 2.47 bits per heavy atom. The molecular formula is C33H38FN3O. The van der Waals surface area contributed by atoms with Crippen molar-refractivity contribution < 1.29 is 9.18 Å². The Morgan fingerprint density at radius 2 is 1.74 bits per heavy atom. The van der Waals surface area contributed by atoms with E-state index in [4.69, 9.17) is 0 Å². The standard InChI is InChI=1S/C33H38FN3O/c1-23(2)33(38)35-28-9-6-8-26(22-28)24-17-20-37(21-18-24)19-7-11-30-29-10-4-5-12-31(29)36(3)32(30)25-13-15-27(34)16-14-25/h4-6,8-10,12-16,22-24H,7,11,17-21H2,1-3H3,(H,35,38). The number of likely N-dealkylation sites (tertiary alicyclic amines) is 1. The number of piperidine rings is 1. The Kier molecular flexibility index (Phi) is 7.94. The van der Waals surface area contributed by atoms with Crippen molar-refractivity contribution in [2.75, 3.05) is 25.0 Å². The molecule has 1 aliphatic rings. The van der Waals surface area contributed by atoms with E-state index in [1.54, 1.807) is 12.1 Å². The van der Waals surface area contributed by atoms with Crippen LogP contribution in [0.2, 0.25) is 0 Å². The fourth-order valence-electron chi connectivity index (χ4n) is 5.83. The fourth-order valence-corrected chi connectivity index (χ4v) is 5.83. The Balaban J connectivity index is 1.21. The van der Waals surface area contributed by atoms with E-state index in [1.165, 1.54) is 27.7 Å². The number of fused-ring (bicyclic) bond motifs is 1. The summed E-state index contributed by atoms with van der Waals surface area (Å²) in [6, 6.07) is 23.8. The third kappa shape index (κ3) is 5.68. The molecule has 0 radical (unpaired) electrons. The minimum absolute atomic E-state index is 0.0254. The van der Waals surface area contributed by atoms with Gasteiger partial charge in [-0.2, -0.15) is 0 Å². The lowest BCUT2D eigenvalue weighted by Gasteiger charge is -2.32. The van der Waals surface area contributed by atoms with Crippen LogP contribution in [0, 0.1) is 11.7 Å². The Morgan fingerprint density at radius 1 is 1.00 bits per heavy atom. The van der Waals surface area contributed by atoms with Gasteiger partial charge in [-0.1, -0.05) is 44.2 Å². The summed E-state index contributed by atoms with van der Waals surface area (Å²) in [6.07, 6.45) is 4.35. The Bertz CT molecular complexity index is 1400. The highest BCUT2D eigenvalue weighted by Gasteiger charge is 2.22. The molecule has 1 amide bonds. The summed E-state index contributed by atoms with van der Waals surface area (Å²) in [6.45, 7) is 7.09. The van der Waals surface area contributed by atoms with Crippen LogP contribution in [-0.4, -0.2) is 35.0 Å². The number of aryl methyl sites for hydroxylation is 2. The summed E-state index contributed by atoms with van der Waals surface area (Å²) < 4.78 is 15.9. The van der Waals surface area contributed by atoms with Gasteiger partial charge >= 0.3 is 0 Å². The number of benzene rings is 3. The molecule has 1 fully saturated rings. The molecule has 0 bridgehead atoms. The first kappa shape index (κ1) is 26.2. The molecule has 5 heteroatoms. The largest absolute Gasteiger partial charge is 0.343 e. The van der Waals surface area contributed by atoms with Crippen molar-refractivity contribution in [3.8, 4) is 11.3 Å². The number of rotatable bonds is 8. The zero-order chi connectivity index (χ0) is 26.6. The first-order chi connectivity index (χ1) is 18.4. The van der Waals surface area contributed by atoms with Crippen LogP contribution in [0.4, 0.5) is 10.1 Å². The Labute approximate surface area is 225 Å². The van der Waals surface area contributed by atoms with Crippen molar-refractivity contribution in [2.45, 2.75) is 45.4 Å². The normalized spacial score (nSPS) is 14.9. The lowest BCUT2D eigenvalue weighted by Crippen LogP contribution is -2.33. The van der Waals surface area contributed by atoms with E-state index in [-0.39, 0.29) is 17.6 Å². The molecule has 4 aromatic rings. The van der Waals surface area contributed by atoms with Crippen LogP contribution in [0.15, 0.2) is 72.8 Å². The minimum Gasteiger partial charge on any atom is -0.343 e. The topological polar surface area (TPSA) is 37.3 Å². The van der Waals surface area contributed by atoms with Crippen molar-refractivity contribution in [3.63, 3.8) is 0 Å². The number of para-hydroxylation sites is 1. The number of nitrogens with one attached hydrogen (secondary N) is 1. The van der Waals surface area contributed by atoms with Gasteiger partial charge in [-0.25, -0.2) is 4.39 Å². The number of anilines is 1. The van der Waals surface area contributed by atoms with Crippen molar-refractivity contribution in [1.82, 2.24) is 9.47 Å². The second-order valence-electron chi connectivity index (χ2n) is 10.9. The number of carbonyl (C=O) groups excluding carboxylic acids is 1. The quantitative estimate of drug-likeness (QED) is 0.268. The lowest BCUT2D eigenvalue weighted by molar-refractivity contribution is -0.118. The van der Waals surface area contributed by atoms with E-state index in [0.717, 1.165) is 56.6 Å². The molecule has 0 aliphatic carbocycles. The highest BCUT2D eigenvalue weighted by atomic mass is 19.1. The first-order valence-electron chi connectivity index (χ1n) is 13.9. The highest BCUT2D eigenvalue weighted by Crippen LogP contribution is 2.35. The van der Waals surface area contributed by atoms with Crippen LogP contribution in [0.5, 0.6) is 0 Å². The smallest absolute Gasteiger partial charge is 0.226 e. The van der Waals surface area contributed by atoms with Crippen molar-refractivity contribution in [2.24, 2.45) is 13.0 Å². The van der Waals surface area contributed by atoms with Gasteiger partial charge in [0.15, 0.2) is 0 Å². The molecule has 0 saturated carbocycles. The van der Waals surface area contributed by atoms with Crippen LogP contribution in [0.3, 0.4) is 0 Å². The van der Waals surface area contributed by atoms with Gasteiger partial charge in [0.25, 0.3) is 0 Å². The van der Waals surface area contributed by atoms with E-state index in [9.17, 15) is 9.18 Å². The number of amides is 1. The predicted molar refractivity (Wildman–Crippen MR) is 155 cm³/mol. The minimum atomic E-state index is -0.204. The summed E-state index contributed by atoms with van der Waals surface area (Å²) in [4.78, 5) is 14.7. The van der Waals surface area contributed by atoms with Crippen molar-refractivity contribution >= 4 is 22.5 Å². The van der Waals surface area contributed by atoms with Crippen LogP contribution < -0.4 is 5.32 Å². The van der Waals surface area contributed by atoms with E-state index in [2.05, 4.69) is 64.3 Å². The van der Waals surface area contributed by atoms with Crippen molar-refractivity contribution in [3.05, 3.63) is 89.7 Å². The number of hydrogen-bond acceptors (Lipinski definition) is 2. The van der Waals surface area contributed by atoms with Crippen LogP contribution >= 0.6 is 0 Å². The molecule has 5 rings (SSSR count). The van der Waals surface area contributed by atoms with E-state index in [1.807, 2.05) is 32.0 Å². The van der Waals surface area contributed by atoms with Crippen LogP contribution in [0.1, 0.15) is 50.2 Å². The molecule has 1 aliphatic heterocycles. The fraction of sp³-hybridized carbons (Fsp3) is 0.364. The van der Waals surface area contributed by atoms with E-state index in [0.29, 0.717) is 5.92 Å². The SMILES string of the molecule is CC(C)C(=O)Nc1cccc(C2CCN(CCCc3c(-c4ccc(F)cc4)n(C)c4ccccc34)CC2)c1. The number of nitrogens with zero attached hydrogens (tertiary/aromatic N) is 2. The zero-order valence-electron chi connectivity index (χ0n) is 22.7. The maximum absolute atomic E-state index is 13.6. The number of carbonyl (C=O) groups is 1. The van der Waals surface area contributed by atoms with E-state index >= 15 is 0 Å². The second kappa shape index (κ2) is 11.5. The van der Waals surface area contributed by atoms with Gasteiger partial charge in [-0.05, 0) is 110 Å². The van der Waals surface area contributed by atoms with Gasteiger partial charge < -0.3 is 14.8 Å². The van der Waals surface area contributed by atoms with Gasteiger partial charge in [0, 0.05) is 29.6 Å². The summed E-state index contributed by atoms with van der Waals surface area (Å²) >= 11 is 0. The van der Waals surface area contributed by atoms with Crippen LogP contribution in [-0.2, 0) is 18.3 Å². The number of halogens is 1. The monoisotopic (exact) mass is 511 g/mol. The first-order valence-corrected chi connectivity index (χ1v) is 13.9.